The molecule has 29 heavy (non-hydrogen) atoms. The zero-order valence-electron chi connectivity index (χ0n) is 16.3. The van der Waals surface area contributed by atoms with Crippen LogP contribution in [0.15, 0.2) is 42.5 Å². The highest BCUT2D eigenvalue weighted by atomic mass is 35.5. The number of fused-ring (bicyclic) bond motifs is 1. The molecular weight excluding hydrogens is 417 g/mol. The van der Waals surface area contributed by atoms with Gasteiger partial charge in [0.15, 0.2) is 0 Å². The molecule has 0 radical (unpaired) electrons. The molecule has 3 nitrogen and oxygen atoms in total. The van der Waals surface area contributed by atoms with E-state index in [2.05, 4.69) is 9.80 Å². The van der Waals surface area contributed by atoms with Crippen molar-refractivity contribution in [3.8, 4) is 0 Å². The van der Waals surface area contributed by atoms with Crippen LogP contribution in [0, 0.1) is 11.6 Å². The third kappa shape index (κ3) is 5.28. The van der Waals surface area contributed by atoms with Crippen molar-refractivity contribution >= 4 is 24.8 Å². The molecule has 160 valence electrons. The number of rotatable bonds is 5. The Bertz CT molecular complexity index is 783. The maximum atomic E-state index is 14.0. The summed E-state index contributed by atoms with van der Waals surface area (Å²) in [7, 11) is 0. The monoisotopic (exact) mass is 444 g/mol. The number of hydrogen-bond acceptors (Lipinski definition) is 3. The van der Waals surface area contributed by atoms with Crippen molar-refractivity contribution in [3.05, 3.63) is 70.8 Å². The van der Waals surface area contributed by atoms with E-state index in [0.29, 0.717) is 0 Å². The summed E-state index contributed by atoms with van der Waals surface area (Å²) in [6, 6.07) is 12.0. The second-order valence-electron chi connectivity index (χ2n) is 7.58. The average Bonchev–Trinajstić information content (AvgIpc) is 3.06. The van der Waals surface area contributed by atoms with Gasteiger partial charge in [0.25, 0.3) is 0 Å². The van der Waals surface area contributed by atoms with Crippen LogP contribution in [0.5, 0.6) is 0 Å². The maximum Gasteiger partial charge on any atom is 0.123 e. The molecule has 0 aromatic heterocycles. The van der Waals surface area contributed by atoms with Gasteiger partial charge in [-0.2, -0.15) is 0 Å². The molecule has 2 atom stereocenters. The van der Waals surface area contributed by atoms with Crippen LogP contribution in [-0.2, 0) is 0 Å². The molecule has 2 aromatic rings. The highest BCUT2D eigenvalue weighted by molar-refractivity contribution is 5.85. The van der Waals surface area contributed by atoms with Crippen molar-refractivity contribution in [1.29, 1.82) is 0 Å². The Morgan fingerprint density at radius 1 is 0.862 bits per heavy atom. The summed E-state index contributed by atoms with van der Waals surface area (Å²) in [5.74, 6) is -0.245. The van der Waals surface area contributed by atoms with Gasteiger partial charge in [-0.1, -0.05) is 18.2 Å². The van der Waals surface area contributed by atoms with E-state index < -0.39 is 0 Å². The van der Waals surface area contributed by atoms with Crippen molar-refractivity contribution in [2.45, 2.75) is 24.8 Å². The largest absolute Gasteiger partial charge is 0.396 e. The number of hydrogen-bond donors (Lipinski definition) is 1. The molecular formula is C22H28Cl2F2N2O. The molecule has 1 N–H and O–H groups in total. The van der Waals surface area contributed by atoms with Gasteiger partial charge in [0.05, 0.1) is 0 Å². The van der Waals surface area contributed by atoms with Crippen molar-refractivity contribution in [2.75, 3.05) is 39.3 Å². The summed E-state index contributed by atoms with van der Waals surface area (Å²) in [6.45, 7) is 5.00. The van der Waals surface area contributed by atoms with Crippen LogP contribution in [0.2, 0.25) is 0 Å². The van der Waals surface area contributed by atoms with Gasteiger partial charge in [0, 0.05) is 51.3 Å². The molecule has 2 aliphatic rings. The highest BCUT2D eigenvalue weighted by Gasteiger charge is 2.36. The van der Waals surface area contributed by atoms with E-state index in [1.165, 1.54) is 18.2 Å². The topological polar surface area (TPSA) is 26.7 Å². The molecule has 1 saturated heterocycles. The Hall–Kier alpha value is -1.24. The van der Waals surface area contributed by atoms with E-state index >= 15 is 0 Å². The summed E-state index contributed by atoms with van der Waals surface area (Å²) in [5, 5.41) is 9.02. The molecule has 0 bridgehead atoms. The quantitative estimate of drug-likeness (QED) is 0.740. The van der Waals surface area contributed by atoms with Crippen LogP contribution in [0.4, 0.5) is 8.78 Å². The molecule has 1 fully saturated rings. The molecule has 0 saturated carbocycles. The summed E-state index contributed by atoms with van der Waals surface area (Å²) in [5.41, 5.74) is 3.33. The molecule has 1 heterocycles. The van der Waals surface area contributed by atoms with Gasteiger partial charge in [-0.3, -0.25) is 4.90 Å². The Kier molecular flexibility index (Phi) is 8.86. The van der Waals surface area contributed by atoms with Crippen molar-refractivity contribution in [3.63, 3.8) is 0 Å². The number of nitrogens with zero attached hydrogens (tertiary/aromatic N) is 2. The number of aliphatic hydroxyl groups is 1. The molecule has 1 aliphatic heterocycles. The van der Waals surface area contributed by atoms with E-state index in [0.717, 1.165) is 62.3 Å². The molecule has 7 heteroatoms. The number of halogens is 4. The van der Waals surface area contributed by atoms with Gasteiger partial charge in [0.1, 0.15) is 11.6 Å². The third-order valence-corrected chi connectivity index (χ3v) is 5.99. The van der Waals surface area contributed by atoms with Crippen molar-refractivity contribution in [1.82, 2.24) is 9.80 Å². The standard InChI is InChI=1S/C22H26F2N2O.2ClH/c23-17-4-2-16(3-5-17)20-15-22(21-14-18(24)6-7-19(20)21)26-11-9-25(10-12-26)8-1-13-27;;/h2-7,14,20,22,27H,1,8-13,15H2;2*1H. The summed E-state index contributed by atoms with van der Waals surface area (Å²) in [4.78, 5) is 4.84. The first-order chi connectivity index (χ1) is 13.2. The van der Waals surface area contributed by atoms with Crippen LogP contribution in [0.25, 0.3) is 0 Å². The normalized spacial score (nSPS) is 21.9. The minimum Gasteiger partial charge on any atom is -0.396 e. The Labute approximate surface area is 183 Å². The average molecular weight is 445 g/mol. The first-order valence-corrected chi connectivity index (χ1v) is 9.78. The number of aliphatic hydroxyl groups excluding tert-OH is 1. The van der Waals surface area contributed by atoms with E-state index in [-0.39, 0.29) is 55.0 Å². The predicted octanol–water partition coefficient (Wildman–Crippen LogP) is 4.39. The van der Waals surface area contributed by atoms with Gasteiger partial charge in [0.2, 0.25) is 0 Å². The van der Waals surface area contributed by atoms with Crippen molar-refractivity contribution < 1.29 is 13.9 Å². The maximum absolute atomic E-state index is 14.0. The summed E-state index contributed by atoms with van der Waals surface area (Å²) < 4.78 is 27.3. The second-order valence-corrected chi connectivity index (χ2v) is 7.58. The minimum atomic E-state index is -0.230. The predicted molar refractivity (Wildman–Crippen MR) is 116 cm³/mol. The molecule has 4 rings (SSSR count). The lowest BCUT2D eigenvalue weighted by Crippen LogP contribution is -2.47. The van der Waals surface area contributed by atoms with Crippen LogP contribution in [-0.4, -0.2) is 54.2 Å². The summed E-state index contributed by atoms with van der Waals surface area (Å²) in [6.07, 6.45) is 1.71. The SMILES string of the molecule is Cl.Cl.OCCCN1CCN(C2CC(c3ccc(F)cc3)c3ccc(F)cc32)CC1. The number of piperazine rings is 1. The van der Waals surface area contributed by atoms with E-state index in [1.54, 1.807) is 6.07 Å². The van der Waals surface area contributed by atoms with Gasteiger partial charge in [-0.15, -0.1) is 24.8 Å². The van der Waals surface area contributed by atoms with Crippen LogP contribution in [0.3, 0.4) is 0 Å². The fourth-order valence-electron chi connectivity index (χ4n) is 4.58. The zero-order chi connectivity index (χ0) is 18.8. The third-order valence-electron chi connectivity index (χ3n) is 5.99. The Balaban J connectivity index is 0.00000150. The van der Waals surface area contributed by atoms with E-state index in [9.17, 15) is 8.78 Å². The number of benzene rings is 2. The first-order valence-electron chi connectivity index (χ1n) is 9.78. The molecule has 2 aromatic carbocycles. The lowest BCUT2D eigenvalue weighted by molar-refractivity contribution is 0.0902. The lowest BCUT2D eigenvalue weighted by atomic mass is 9.93. The second kappa shape index (κ2) is 10.7. The van der Waals surface area contributed by atoms with Crippen LogP contribution < -0.4 is 0 Å². The Morgan fingerprint density at radius 3 is 2.17 bits per heavy atom. The Morgan fingerprint density at radius 2 is 1.52 bits per heavy atom. The van der Waals surface area contributed by atoms with Crippen LogP contribution in [0.1, 0.15) is 41.5 Å². The van der Waals surface area contributed by atoms with Crippen LogP contribution >= 0.6 is 24.8 Å². The van der Waals surface area contributed by atoms with Gasteiger partial charge >= 0.3 is 0 Å². The fourth-order valence-corrected chi connectivity index (χ4v) is 4.58. The zero-order valence-corrected chi connectivity index (χ0v) is 17.9. The highest BCUT2D eigenvalue weighted by Crippen LogP contribution is 2.47. The molecule has 1 aliphatic carbocycles. The summed E-state index contributed by atoms with van der Waals surface area (Å²) >= 11 is 0. The van der Waals surface area contributed by atoms with Gasteiger partial charge in [-0.25, -0.2) is 8.78 Å². The molecule has 0 amide bonds. The fraction of sp³-hybridized carbons (Fsp3) is 0.455. The van der Waals surface area contributed by atoms with Gasteiger partial charge in [-0.05, 0) is 53.8 Å². The van der Waals surface area contributed by atoms with Gasteiger partial charge < -0.3 is 10.0 Å². The van der Waals surface area contributed by atoms with E-state index in [4.69, 9.17) is 5.11 Å². The van der Waals surface area contributed by atoms with E-state index in [1.807, 2.05) is 18.2 Å². The molecule has 0 spiro atoms. The first kappa shape index (κ1) is 24.0. The van der Waals surface area contributed by atoms with Crippen molar-refractivity contribution in [2.24, 2.45) is 0 Å². The smallest absolute Gasteiger partial charge is 0.123 e. The minimum absolute atomic E-state index is 0. The lowest BCUT2D eigenvalue weighted by Gasteiger charge is -2.38. The molecule has 2 unspecified atom stereocenters.